The highest BCUT2D eigenvalue weighted by atomic mass is 19.1. The molecule has 3 atom stereocenters. The van der Waals surface area contributed by atoms with Crippen LogP contribution in [0.2, 0.25) is 0 Å². The molecule has 6 rings (SSSR count). The number of aromatic nitrogens is 1. The third-order valence-corrected chi connectivity index (χ3v) is 7.49. The molecule has 5 heterocycles. The van der Waals surface area contributed by atoms with E-state index in [1.54, 1.807) is 4.90 Å². The lowest BCUT2D eigenvalue weighted by Crippen LogP contribution is -2.59. The molecule has 4 aliphatic rings. The largest absolute Gasteiger partial charge is 0.444 e. The Hall–Kier alpha value is -2.88. The van der Waals surface area contributed by atoms with Crippen LogP contribution in [0.4, 0.5) is 15.2 Å². The first kappa shape index (κ1) is 24.8. The van der Waals surface area contributed by atoms with Crippen LogP contribution in [-0.4, -0.2) is 83.2 Å². The zero-order valence-electron chi connectivity index (χ0n) is 21.7. The maximum Gasteiger partial charge on any atom is 0.410 e. The Morgan fingerprint density at radius 3 is 2.36 bits per heavy atom. The van der Waals surface area contributed by atoms with E-state index in [0.717, 1.165) is 32.5 Å². The van der Waals surface area contributed by atoms with Crippen LogP contribution in [0.5, 0.6) is 0 Å². The summed E-state index contributed by atoms with van der Waals surface area (Å²) < 4.78 is 26.2. The number of halogens is 1. The smallest absolute Gasteiger partial charge is 0.410 e. The first-order valence-electron chi connectivity index (χ1n) is 12.9. The molecule has 0 unspecified atom stereocenters. The molecule has 36 heavy (non-hydrogen) atoms. The number of ether oxygens (including phenoxy) is 1. The molecular weight excluding hydrogens is 465 g/mol. The molecular formula is C26H36FN5O4. The van der Waals surface area contributed by atoms with Crippen LogP contribution in [0.25, 0.3) is 11.1 Å². The number of nitrogens with one attached hydrogen (secondary N) is 1. The Morgan fingerprint density at radius 1 is 1.11 bits per heavy atom. The summed E-state index contributed by atoms with van der Waals surface area (Å²) in [4.78, 5) is 36.5. The quantitative estimate of drug-likeness (QED) is 0.687. The number of hydrogen-bond acceptors (Lipinski definition) is 7. The van der Waals surface area contributed by atoms with E-state index in [1.807, 2.05) is 39.5 Å². The van der Waals surface area contributed by atoms with E-state index in [4.69, 9.17) is 9.15 Å². The van der Waals surface area contributed by atoms with Crippen molar-refractivity contribution in [1.29, 1.82) is 0 Å². The molecule has 4 saturated heterocycles. The summed E-state index contributed by atoms with van der Waals surface area (Å²) in [5, 5.41) is 3.16. The van der Waals surface area contributed by atoms with Crippen molar-refractivity contribution < 1.29 is 23.1 Å². The number of oxazole rings is 1. The first-order valence-corrected chi connectivity index (χ1v) is 12.9. The highest BCUT2D eigenvalue weighted by Crippen LogP contribution is 2.32. The lowest BCUT2D eigenvalue weighted by Gasteiger charge is -2.44. The van der Waals surface area contributed by atoms with Gasteiger partial charge in [-0.05, 0) is 78.6 Å². The van der Waals surface area contributed by atoms with Crippen molar-refractivity contribution in [3.63, 3.8) is 0 Å². The molecule has 196 valence electrons. The highest BCUT2D eigenvalue weighted by molar-refractivity contribution is 6.05. The second kappa shape index (κ2) is 9.21. The fourth-order valence-corrected chi connectivity index (χ4v) is 5.81. The van der Waals surface area contributed by atoms with Crippen LogP contribution in [0.1, 0.15) is 57.8 Å². The number of anilines is 1. The molecule has 1 aromatic carbocycles. The molecule has 4 aliphatic heterocycles. The molecule has 0 radical (unpaired) electrons. The van der Waals surface area contributed by atoms with E-state index in [2.05, 4.69) is 15.2 Å². The van der Waals surface area contributed by atoms with Gasteiger partial charge in [0.25, 0.3) is 11.9 Å². The molecule has 1 aromatic heterocycles. The summed E-state index contributed by atoms with van der Waals surface area (Å²) in [6.07, 6.45) is 1.81. The van der Waals surface area contributed by atoms with Gasteiger partial charge >= 0.3 is 6.09 Å². The summed E-state index contributed by atoms with van der Waals surface area (Å²) in [6.45, 7) is 13.3. The predicted molar refractivity (Wildman–Crippen MR) is 134 cm³/mol. The molecule has 2 bridgehead atoms. The number of amides is 2. The lowest BCUT2D eigenvalue weighted by atomic mass is 9.84. The minimum absolute atomic E-state index is 0.0273. The topological polar surface area (TPSA) is 91.1 Å². The Labute approximate surface area is 210 Å². The minimum Gasteiger partial charge on any atom is -0.444 e. The fraction of sp³-hybridized carbons (Fsp3) is 0.654. The Kier molecular flexibility index (Phi) is 6.34. The van der Waals surface area contributed by atoms with Crippen molar-refractivity contribution in [2.75, 3.05) is 37.6 Å². The minimum atomic E-state index is -0.579. The van der Waals surface area contributed by atoms with E-state index >= 15 is 0 Å². The van der Waals surface area contributed by atoms with Crippen LogP contribution in [0.3, 0.4) is 0 Å². The second-order valence-corrected chi connectivity index (χ2v) is 11.5. The van der Waals surface area contributed by atoms with Gasteiger partial charge in [0.2, 0.25) is 0 Å². The van der Waals surface area contributed by atoms with E-state index in [1.165, 1.54) is 12.1 Å². The van der Waals surface area contributed by atoms with Crippen LogP contribution in [-0.2, 0) is 4.74 Å². The van der Waals surface area contributed by atoms with E-state index in [0.29, 0.717) is 24.6 Å². The third-order valence-electron chi connectivity index (χ3n) is 7.49. The van der Waals surface area contributed by atoms with Crippen LogP contribution in [0.15, 0.2) is 16.5 Å². The average Bonchev–Trinajstić information content (AvgIpc) is 3.24. The molecule has 0 saturated carbocycles. The third kappa shape index (κ3) is 4.75. The number of carbonyl (C=O) groups excluding carboxylic acids is 2. The Morgan fingerprint density at radius 2 is 1.78 bits per heavy atom. The van der Waals surface area contributed by atoms with Gasteiger partial charge in [0.05, 0.1) is 5.56 Å². The summed E-state index contributed by atoms with van der Waals surface area (Å²) >= 11 is 0. The Bertz CT molecular complexity index is 1140. The van der Waals surface area contributed by atoms with Crippen molar-refractivity contribution in [2.45, 2.75) is 71.2 Å². The summed E-state index contributed by atoms with van der Waals surface area (Å²) in [7, 11) is 0. The molecule has 2 amide bonds. The van der Waals surface area contributed by atoms with Gasteiger partial charge in [-0.3, -0.25) is 4.79 Å². The number of rotatable bonds is 3. The van der Waals surface area contributed by atoms with Gasteiger partial charge in [-0.2, -0.15) is 4.98 Å². The van der Waals surface area contributed by atoms with Crippen molar-refractivity contribution in [3.05, 3.63) is 23.5 Å². The predicted octanol–water partition coefficient (Wildman–Crippen LogP) is 3.63. The van der Waals surface area contributed by atoms with Gasteiger partial charge in [-0.15, -0.1) is 0 Å². The lowest BCUT2D eigenvalue weighted by molar-refractivity contribution is 0.0189. The highest BCUT2D eigenvalue weighted by Gasteiger charge is 2.38. The normalized spacial score (nSPS) is 28.4. The number of benzene rings is 1. The Balaban J connectivity index is 1.37. The number of fused-ring (bicyclic) bond motifs is 4. The molecule has 0 spiro atoms. The molecule has 0 aliphatic carbocycles. The number of piperazine rings is 1. The van der Waals surface area contributed by atoms with Gasteiger partial charge in [-0.1, -0.05) is 0 Å². The molecule has 9 nitrogen and oxygen atoms in total. The monoisotopic (exact) mass is 501 g/mol. The van der Waals surface area contributed by atoms with E-state index in [9.17, 15) is 14.0 Å². The maximum absolute atomic E-state index is 14.8. The zero-order chi connectivity index (χ0) is 25.8. The zero-order valence-corrected chi connectivity index (χ0v) is 21.7. The second-order valence-electron chi connectivity index (χ2n) is 11.5. The molecule has 10 heteroatoms. The van der Waals surface area contributed by atoms with Gasteiger partial charge < -0.3 is 29.2 Å². The van der Waals surface area contributed by atoms with Gasteiger partial charge in [0.1, 0.15) is 11.1 Å². The summed E-state index contributed by atoms with van der Waals surface area (Å²) in [6, 6.07) is 2.77. The van der Waals surface area contributed by atoms with Crippen molar-refractivity contribution in [1.82, 2.24) is 20.1 Å². The van der Waals surface area contributed by atoms with E-state index < -0.39 is 11.4 Å². The number of hydrogen-bond donors (Lipinski definition) is 1. The molecule has 1 N–H and O–H groups in total. The van der Waals surface area contributed by atoms with Crippen LogP contribution >= 0.6 is 0 Å². The average molecular weight is 502 g/mol. The number of nitrogens with zero attached hydrogens (tertiary/aromatic N) is 4. The van der Waals surface area contributed by atoms with Crippen LogP contribution < -0.4 is 10.2 Å². The summed E-state index contributed by atoms with van der Waals surface area (Å²) in [5.74, 6) is -0.337. The van der Waals surface area contributed by atoms with E-state index in [-0.39, 0.29) is 47.2 Å². The number of carbonyl (C=O) groups is 2. The first-order chi connectivity index (χ1) is 17.0. The van der Waals surface area contributed by atoms with Crippen molar-refractivity contribution in [3.8, 4) is 0 Å². The molecule has 2 aromatic rings. The van der Waals surface area contributed by atoms with Crippen LogP contribution in [0, 0.1) is 11.7 Å². The number of piperidine rings is 3. The van der Waals surface area contributed by atoms with Crippen molar-refractivity contribution in [2.24, 2.45) is 5.92 Å². The SMILES string of the molecule is C[C@H]1CN(C(=O)OC(C)(C)C)C[C@H](C)N1c1nc2c(C(=O)N[C@@H]3CN4CCC3CC4)ccc(F)c2o1. The van der Waals surface area contributed by atoms with Gasteiger partial charge in [0, 0.05) is 37.8 Å². The summed E-state index contributed by atoms with van der Waals surface area (Å²) in [5.41, 5.74) is -0.0758. The van der Waals surface area contributed by atoms with Gasteiger partial charge in [0.15, 0.2) is 11.4 Å². The van der Waals surface area contributed by atoms with Crippen molar-refractivity contribution >= 4 is 29.1 Å². The molecule has 4 fully saturated rings. The standard InChI is InChI=1S/C26H36FN5O4/c1-15-12-31(25(34)36-26(3,4)5)13-16(2)32(15)24-29-21-18(6-7-19(27)22(21)35-24)23(33)28-20-14-30-10-8-17(20)9-11-30/h6-7,15-17,20H,8-14H2,1-5H3,(H,28,33)/t15-,16-,20+/m0/s1. The fourth-order valence-electron chi connectivity index (χ4n) is 5.81. The maximum atomic E-state index is 14.8. The van der Waals surface area contributed by atoms with Gasteiger partial charge in [-0.25, -0.2) is 9.18 Å².